The summed E-state index contributed by atoms with van der Waals surface area (Å²) < 4.78 is 6.34. The van der Waals surface area contributed by atoms with E-state index < -0.39 is 12.0 Å². The van der Waals surface area contributed by atoms with Gasteiger partial charge in [-0.05, 0) is 85.4 Å². The third kappa shape index (κ3) is 5.23. The van der Waals surface area contributed by atoms with Gasteiger partial charge in [0.1, 0.15) is 17.6 Å². The highest BCUT2D eigenvalue weighted by atomic mass is 35.5. The van der Waals surface area contributed by atoms with Gasteiger partial charge in [-0.15, -0.1) is 0 Å². The SMILES string of the molecule is CCC(=O)Nc1ccc(N2C(=S)N[C@@H](c3ccccn3)[C@H]2c2ccc(-c3cc(C(=O)O)ccc3Cl)o2)cc1C. The molecule has 2 atom stereocenters. The molecule has 1 fully saturated rings. The minimum absolute atomic E-state index is 0.0638. The number of nitrogens with zero attached hydrogens (tertiary/aromatic N) is 2. The average molecular weight is 561 g/mol. The number of pyridine rings is 1. The van der Waals surface area contributed by atoms with Gasteiger partial charge >= 0.3 is 5.97 Å². The van der Waals surface area contributed by atoms with Crippen LogP contribution >= 0.6 is 23.8 Å². The Morgan fingerprint density at radius 2 is 1.97 bits per heavy atom. The van der Waals surface area contributed by atoms with Crippen molar-refractivity contribution in [2.45, 2.75) is 32.4 Å². The van der Waals surface area contributed by atoms with Crippen molar-refractivity contribution in [1.29, 1.82) is 0 Å². The average Bonchev–Trinajstić information content (AvgIpc) is 3.55. The fraction of sp³-hybridized carbons (Fsp3) is 0.172. The maximum atomic E-state index is 12.0. The zero-order valence-electron chi connectivity index (χ0n) is 21.1. The van der Waals surface area contributed by atoms with E-state index in [-0.39, 0.29) is 17.5 Å². The van der Waals surface area contributed by atoms with Gasteiger partial charge in [-0.25, -0.2) is 4.79 Å². The number of hydrogen-bond acceptors (Lipinski definition) is 5. The van der Waals surface area contributed by atoms with Gasteiger partial charge in [-0.1, -0.05) is 24.6 Å². The van der Waals surface area contributed by atoms with Crippen molar-refractivity contribution in [1.82, 2.24) is 10.3 Å². The largest absolute Gasteiger partial charge is 0.478 e. The molecule has 1 amide bonds. The number of hydrogen-bond donors (Lipinski definition) is 3. The number of carboxylic acid groups (broad SMARTS) is 1. The second kappa shape index (κ2) is 10.9. The van der Waals surface area contributed by atoms with E-state index in [9.17, 15) is 14.7 Å². The fourth-order valence-electron chi connectivity index (χ4n) is 4.60. The number of aromatic carboxylic acids is 1. The molecule has 3 N–H and O–H groups in total. The molecule has 0 aliphatic carbocycles. The summed E-state index contributed by atoms with van der Waals surface area (Å²) in [4.78, 5) is 30.0. The van der Waals surface area contributed by atoms with E-state index in [2.05, 4.69) is 15.6 Å². The van der Waals surface area contributed by atoms with Gasteiger partial charge in [0.05, 0.1) is 22.3 Å². The Hall–Kier alpha value is -4.21. The number of halogens is 1. The Balaban J connectivity index is 1.58. The van der Waals surface area contributed by atoms with Gasteiger partial charge in [0.15, 0.2) is 5.11 Å². The summed E-state index contributed by atoms with van der Waals surface area (Å²) in [6, 6.07) is 18.7. The van der Waals surface area contributed by atoms with Crippen LogP contribution in [-0.4, -0.2) is 27.1 Å². The Morgan fingerprint density at radius 3 is 2.67 bits per heavy atom. The van der Waals surface area contributed by atoms with Crippen molar-refractivity contribution in [3.8, 4) is 11.3 Å². The number of carboxylic acids is 1. The van der Waals surface area contributed by atoms with Crippen LogP contribution in [0.5, 0.6) is 0 Å². The quantitative estimate of drug-likeness (QED) is 0.219. The third-order valence-corrected chi connectivity index (χ3v) is 7.22. The number of anilines is 2. The van der Waals surface area contributed by atoms with E-state index in [1.165, 1.54) is 12.1 Å². The lowest BCUT2D eigenvalue weighted by Crippen LogP contribution is -2.29. The highest BCUT2D eigenvalue weighted by molar-refractivity contribution is 7.80. The van der Waals surface area contributed by atoms with Crippen molar-refractivity contribution in [3.63, 3.8) is 0 Å². The third-order valence-electron chi connectivity index (χ3n) is 6.58. The molecule has 0 radical (unpaired) electrons. The molecule has 39 heavy (non-hydrogen) atoms. The Bertz CT molecular complexity index is 1570. The van der Waals surface area contributed by atoms with E-state index in [0.717, 1.165) is 22.6 Å². The Labute approximate surface area is 235 Å². The van der Waals surface area contributed by atoms with E-state index in [0.29, 0.717) is 33.6 Å². The number of aryl methyl sites for hydroxylation is 1. The molecule has 5 rings (SSSR count). The summed E-state index contributed by atoms with van der Waals surface area (Å²) in [6.07, 6.45) is 2.11. The fourth-order valence-corrected chi connectivity index (χ4v) is 5.16. The molecule has 4 aromatic rings. The van der Waals surface area contributed by atoms with Gasteiger partial charge in [0.25, 0.3) is 0 Å². The molecule has 8 nitrogen and oxygen atoms in total. The number of amides is 1. The van der Waals surface area contributed by atoms with Crippen LogP contribution in [0.2, 0.25) is 5.02 Å². The van der Waals surface area contributed by atoms with Crippen LogP contribution in [0.25, 0.3) is 11.3 Å². The van der Waals surface area contributed by atoms with Gasteiger partial charge < -0.3 is 25.1 Å². The summed E-state index contributed by atoms with van der Waals surface area (Å²) in [7, 11) is 0. The molecule has 2 aromatic heterocycles. The van der Waals surface area contributed by atoms with E-state index >= 15 is 0 Å². The maximum absolute atomic E-state index is 12.0. The molecular formula is C29H25ClN4O4S. The molecule has 0 unspecified atom stereocenters. The van der Waals surface area contributed by atoms with Gasteiger partial charge in [-0.3, -0.25) is 9.78 Å². The van der Waals surface area contributed by atoms with Crippen molar-refractivity contribution in [2.75, 3.05) is 10.2 Å². The Morgan fingerprint density at radius 1 is 1.15 bits per heavy atom. The molecule has 198 valence electrons. The lowest BCUT2D eigenvalue weighted by molar-refractivity contribution is -0.115. The van der Waals surface area contributed by atoms with E-state index in [4.69, 9.17) is 28.2 Å². The molecule has 0 saturated carbocycles. The molecule has 1 aliphatic rings. The summed E-state index contributed by atoms with van der Waals surface area (Å²) in [5.41, 5.74) is 3.79. The van der Waals surface area contributed by atoms with Crippen molar-refractivity contribution >= 4 is 52.2 Å². The Kier molecular flexibility index (Phi) is 7.36. The first-order valence-electron chi connectivity index (χ1n) is 12.3. The van der Waals surface area contributed by atoms with Crippen molar-refractivity contribution < 1.29 is 19.1 Å². The second-order valence-electron chi connectivity index (χ2n) is 9.10. The number of benzene rings is 2. The maximum Gasteiger partial charge on any atom is 0.335 e. The normalized spacial score (nSPS) is 16.7. The standard InChI is InChI=1S/C29H25ClN4O4S/c1-3-25(35)32-21-10-8-18(14-16(21)2)34-27(26(33-29(34)39)22-6-4-5-13-31-22)24-12-11-23(38-24)19-15-17(28(36)37)7-9-20(19)30/h4-15,26-27H,3H2,1-2H3,(H,32,35)(H,33,39)(H,36,37)/t26-,27+/m0/s1. The lowest BCUT2D eigenvalue weighted by atomic mass is 10.0. The zero-order chi connectivity index (χ0) is 27.7. The minimum atomic E-state index is -1.06. The monoisotopic (exact) mass is 560 g/mol. The molecule has 2 aromatic carbocycles. The topological polar surface area (TPSA) is 108 Å². The minimum Gasteiger partial charge on any atom is -0.478 e. The van der Waals surface area contributed by atoms with E-state index in [1.807, 2.05) is 54.3 Å². The van der Waals surface area contributed by atoms with Gasteiger partial charge in [0.2, 0.25) is 5.91 Å². The number of thiocarbonyl (C=S) groups is 1. The van der Waals surface area contributed by atoms with Crippen molar-refractivity contribution in [3.05, 3.63) is 101 Å². The first kappa shape index (κ1) is 26.4. The first-order valence-corrected chi connectivity index (χ1v) is 13.1. The summed E-state index contributed by atoms with van der Waals surface area (Å²) >= 11 is 12.2. The molecule has 10 heteroatoms. The summed E-state index contributed by atoms with van der Waals surface area (Å²) in [5, 5.41) is 16.6. The van der Waals surface area contributed by atoms with Crippen LogP contribution in [0.3, 0.4) is 0 Å². The highest BCUT2D eigenvalue weighted by Gasteiger charge is 2.42. The van der Waals surface area contributed by atoms with Crippen molar-refractivity contribution in [2.24, 2.45) is 0 Å². The first-order chi connectivity index (χ1) is 18.8. The molecule has 0 bridgehead atoms. The number of aromatic nitrogens is 1. The van der Waals surface area contributed by atoms with Crippen LogP contribution in [0, 0.1) is 6.92 Å². The number of nitrogens with one attached hydrogen (secondary N) is 2. The van der Waals surface area contributed by atoms with Crippen LogP contribution < -0.4 is 15.5 Å². The number of furan rings is 1. The molecule has 1 saturated heterocycles. The zero-order valence-corrected chi connectivity index (χ0v) is 22.7. The lowest BCUT2D eigenvalue weighted by Gasteiger charge is -2.27. The summed E-state index contributed by atoms with van der Waals surface area (Å²) in [5.74, 6) is -0.0957. The highest BCUT2D eigenvalue weighted by Crippen LogP contribution is 2.44. The van der Waals surface area contributed by atoms with Crippen LogP contribution in [0.4, 0.5) is 11.4 Å². The number of rotatable bonds is 7. The molecule has 0 spiro atoms. The predicted octanol–water partition coefficient (Wildman–Crippen LogP) is 6.53. The van der Waals surface area contributed by atoms with Crippen LogP contribution in [0.1, 0.15) is 52.8 Å². The molecule has 3 heterocycles. The van der Waals surface area contributed by atoms with E-state index in [1.54, 1.807) is 25.3 Å². The smallest absolute Gasteiger partial charge is 0.335 e. The summed E-state index contributed by atoms with van der Waals surface area (Å²) in [6.45, 7) is 3.73. The predicted molar refractivity (Wildman–Crippen MR) is 154 cm³/mol. The molecule has 1 aliphatic heterocycles. The molecular weight excluding hydrogens is 536 g/mol. The number of carbonyl (C=O) groups excluding carboxylic acids is 1. The van der Waals surface area contributed by atoms with Gasteiger partial charge in [0, 0.05) is 29.6 Å². The van der Waals surface area contributed by atoms with Gasteiger partial charge in [-0.2, -0.15) is 0 Å². The second-order valence-corrected chi connectivity index (χ2v) is 9.89. The number of carbonyl (C=O) groups is 2. The van der Waals surface area contributed by atoms with Crippen LogP contribution in [-0.2, 0) is 4.79 Å². The van der Waals surface area contributed by atoms with Crippen LogP contribution in [0.15, 0.2) is 77.3 Å².